The maximum absolute atomic E-state index is 13.1. The Hall–Kier alpha value is -1.52. The fourth-order valence-corrected chi connectivity index (χ4v) is 4.45. The van der Waals surface area contributed by atoms with E-state index >= 15 is 0 Å². The maximum Gasteiger partial charge on any atom is 0.162 e. The first-order chi connectivity index (χ1) is 14.4. The highest BCUT2D eigenvalue weighted by Crippen LogP contribution is 2.29. The summed E-state index contributed by atoms with van der Waals surface area (Å²) in [6, 6.07) is 5.82. The summed E-state index contributed by atoms with van der Waals surface area (Å²) in [4.78, 5) is 30.6. The van der Waals surface area contributed by atoms with Crippen molar-refractivity contribution in [2.24, 2.45) is 10.8 Å². The summed E-state index contributed by atoms with van der Waals surface area (Å²) in [5.74, 6) is 0.259. The van der Waals surface area contributed by atoms with Gasteiger partial charge in [-0.25, -0.2) is 0 Å². The predicted molar refractivity (Wildman–Crippen MR) is 137 cm³/mol. The van der Waals surface area contributed by atoms with Crippen LogP contribution in [0.2, 0.25) is 0 Å². The number of carbonyl (C=O) groups is 2. The molecule has 0 unspecified atom stereocenters. The van der Waals surface area contributed by atoms with E-state index in [1.807, 2.05) is 18.2 Å². The van der Waals surface area contributed by atoms with E-state index in [0.29, 0.717) is 24.0 Å². The van der Waals surface area contributed by atoms with Crippen molar-refractivity contribution < 1.29 is 9.59 Å². The molecule has 0 radical (unpaired) electrons. The average molecular weight is 445 g/mol. The molecule has 1 aromatic carbocycles. The molecule has 182 valence electrons. The van der Waals surface area contributed by atoms with Crippen LogP contribution in [0.15, 0.2) is 18.2 Å². The lowest BCUT2D eigenvalue weighted by Crippen LogP contribution is -2.29. The van der Waals surface area contributed by atoms with Crippen molar-refractivity contribution in [1.82, 2.24) is 9.80 Å². The van der Waals surface area contributed by atoms with Crippen LogP contribution in [0.25, 0.3) is 0 Å². The molecule has 0 heterocycles. The van der Waals surface area contributed by atoms with Gasteiger partial charge in [0, 0.05) is 37.1 Å². The van der Waals surface area contributed by atoms with Gasteiger partial charge in [0.15, 0.2) is 11.6 Å². The van der Waals surface area contributed by atoms with Gasteiger partial charge in [-0.3, -0.25) is 9.59 Å². The smallest absolute Gasteiger partial charge is 0.162 e. The molecule has 0 aromatic heterocycles. The van der Waals surface area contributed by atoms with Gasteiger partial charge in [0.2, 0.25) is 0 Å². The quantitative estimate of drug-likeness (QED) is 0.366. The zero-order valence-corrected chi connectivity index (χ0v) is 22.7. The number of hydrogen-bond acceptors (Lipinski definition) is 4. The van der Waals surface area contributed by atoms with Crippen molar-refractivity contribution in [2.75, 3.05) is 41.3 Å². The zero-order valence-electron chi connectivity index (χ0n) is 22.7. The molecule has 0 atom stereocenters. The minimum atomic E-state index is -0.125. The van der Waals surface area contributed by atoms with Crippen LogP contribution in [0, 0.1) is 10.8 Å². The van der Waals surface area contributed by atoms with E-state index in [1.165, 1.54) is 0 Å². The molecule has 0 aliphatic heterocycles. The third-order valence-electron chi connectivity index (χ3n) is 5.99. The normalized spacial score (nSPS) is 13.2. The van der Waals surface area contributed by atoms with Crippen LogP contribution in [-0.4, -0.2) is 62.6 Å². The topological polar surface area (TPSA) is 40.6 Å². The summed E-state index contributed by atoms with van der Waals surface area (Å²) in [5.41, 5.74) is 2.41. The molecule has 0 saturated heterocycles. The first-order valence-corrected chi connectivity index (χ1v) is 11.9. The maximum atomic E-state index is 13.1. The molecule has 0 N–H and O–H groups in total. The van der Waals surface area contributed by atoms with Gasteiger partial charge in [0.05, 0.1) is 0 Å². The van der Waals surface area contributed by atoms with E-state index in [2.05, 4.69) is 86.5 Å². The Morgan fingerprint density at radius 1 is 0.656 bits per heavy atom. The molecule has 0 aliphatic rings. The molecule has 1 rings (SSSR count). The van der Waals surface area contributed by atoms with Crippen LogP contribution in [0.4, 0.5) is 0 Å². The zero-order chi connectivity index (χ0) is 24.9. The highest BCUT2D eigenvalue weighted by atomic mass is 16.1. The molecule has 0 spiro atoms. The van der Waals surface area contributed by atoms with E-state index < -0.39 is 0 Å². The minimum Gasteiger partial charge on any atom is -0.309 e. The molecular weight excluding hydrogens is 396 g/mol. The standard InChI is InChI=1S/C28H48N2O2/c1-26(2,3)23-17-21(24(31)12-14-27(4,5)19-29(8)9)16-22(18-23)25(32)13-15-28(6,7)20-30(10)11/h16-18H,12-15,19-20H2,1-11H3. The molecule has 32 heavy (non-hydrogen) atoms. The lowest BCUT2D eigenvalue weighted by atomic mass is 9.81. The number of Topliss-reactive ketones (excluding diaryl/α,β-unsaturated/α-hetero) is 2. The fourth-order valence-electron chi connectivity index (χ4n) is 4.45. The summed E-state index contributed by atoms with van der Waals surface area (Å²) < 4.78 is 0. The Balaban J connectivity index is 3.08. The second-order valence-corrected chi connectivity index (χ2v) is 12.7. The number of hydrogen-bond donors (Lipinski definition) is 0. The van der Waals surface area contributed by atoms with Gasteiger partial charge < -0.3 is 9.80 Å². The van der Waals surface area contributed by atoms with Crippen LogP contribution in [-0.2, 0) is 5.41 Å². The molecule has 4 nitrogen and oxygen atoms in total. The summed E-state index contributed by atoms with van der Waals surface area (Å²) >= 11 is 0. The van der Waals surface area contributed by atoms with Crippen LogP contribution < -0.4 is 0 Å². The number of ketones is 2. The van der Waals surface area contributed by atoms with Gasteiger partial charge in [-0.15, -0.1) is 0 Å². The fraction of sp³-hybridized carbons (Fsp3) is 0.714. The SMILES string of the molecule is CN(C)CC(C)(C)CCC(=O)c1cc(C(=O)CCC(C)(C)CN(C)C)cc(C(C)(C)C)c1. The van der Waals surface area contributed by atoms with Gasteiger partial charge in [0.1, 0.15) is 0 Å². The molecule has 0 fully saturated rings. The molecular formula is C28H48N2O2. The van der Waals surface area contributed by atoms with Gasteiger partial charge in [0.25, 0.3) is 0 Å². The molecule has 0 saturated carbocycles. The largest absolute Gasteiger partial charge is 0.309 e. The first-order valence-electron chi connectivity index (χ1n) is 11.9. The van der Waals surface area contributed by atoms with E-state index in [4.69, 9.17) is 0 Å². The average Bonchev–Trinajstić information content (AvgIpc) is 2.61. The van der Waals surface area contributed by atoms with Crippen LogP contribution >= 0.6 is 0 Å². The first kappa shape index (κ1) is 28.5. The minimum absolute atomic E-state index is 0.0669. The van der Waals surface area contributed by atoms with Crippen LogP contribution in [0.1, 0.15) is 100 Å². The monoisotopic (exact) mass is 444 g/mol. The van der Waals surface area contributed by atoms with Crippen molar-refractivity contribution in [2.45, 2.75) is 79.6 Å². The molecule has 4 heteroatoms. The van der Waals surface area contributed by atoms with Crippen molar-refractivity contribution in [3.63, 3.8) is 0 Å². The molecule has 0 bridgehead atoms. The van der Waals surface area contributed by atoms with Gasteiger partial charge in [-0.2, -0.15) is 0 Å². The highest BCUT2D eigenvalue weighted by Gasteiger charge is 2.25. The summed E-state index contributed by atoms with van der Waals surface area (Å²) in [6.07, 6.45) is 2.65. The molecule has 0 amide bonds. The Labute approximate surface area is 197 Å². The van der Waals surface area contributed by atoms with Crippen LogP contribution in [0.3, 0.4) is 0 Å². The predicted octanol–water partition coefficient (Wildman–Crippen LogP) is 6.09. The van der Waals surface area contributed by atoms with Gasteiger partial charge in [-0.1, -0.05) is 48.5 Å². The second kappa shape index (κ2) is 11.1. The third kappa shape index (κ3) is 9.95. The van der Waals surface area contributed by atoms with Crippen molar-refractivity contribution >= 4 is 11.6 Å². The molecule has 0 aliphatic carbocycles. The lowest BCUT2D eigenvalue weighted by molar-refractivity contribution is 0.0954. The van der Waals surface area contributed by atoms with Gasteiger partial charge >= 0.3 is 0 Å². The number of carbonyl (C=O) groups excluding carboxylic acids is 2. The Kier molecular flexibility index (Phi) is 9.86. The summed E-state index contributed by atoms with van der Waals surface area (Å²) in [5, 5.41) is 0. The summed E-state index contributed by atoms with van der Waals surface area (Å²) in [7, 11) is 8.25. The molecule has 1 aromatic rings. The number of benzene rings is 1. The van der Waals surface area contributed by atoms with E-state index in [9.17, 15) is 9.59 Å². The number of nitrogens with zero attached hydrogens (tertiary/aromatic N) is 2. The van der Waals surface area contributed by atoms with Crippen molar-refractivity contribution in [3.8, 4) is 0 Å². The van der Waals surface area contributed by atoms with Crippen LogP contribution in [0.5, 0.6) is 0 Å². The highest BCUT2D eigenvalue weighted by molar-refractivity contribution is 6.01. The van der Waals surface area contributed by atoms with Crippen molar-refractivity contribution in [3.05, 3.63) is 34.9 Å². The summed E-state index contributed by atoms with van der Waals surface area (Å²) in [6.45, 7) is 17.1. The number of rotatable bonds is 12. The lowest BCUT2D eigenvalue weighted by Gasteiger charge is -2.28. The van der Waals surface area contributed by atoms with E-state index in [0.717, 1.165) is 31.5 Å². The Morgan fingerprint density at radius 3 is 1.28 bits per heavy atom. The van der Waals surface area contributed by atoms with E-state index in [-0.39, 0.29) is 27.8 Å². The van der Waals surface area contributed by atoms with Gasteiger partial charge in [-0.05, 0) is 81.0 Å². The Bertz CT molecular complexity index is 727. The second-order valence-electron chi connectivity index (χ2n) is 12.7. The van der Waals surface area contributed by atoms with Crippen molar-refractivity contribution in [1.29, 1.82) is 0 Å². The van der Waals surface area contributed by atoms with E-state index in [1.54, 1.807) is 0 Å². The Morgan fingerprint density at radius 2 is 1.00 bits per heavy atom. The third-order valence-corrected chi connectivity index (χ3v) is 5.99.